The van der Waals surface area contributed by atoms with Crippen molar-refractivity contribution in [3.8, 4) is 11.3 Å². The van der Waals surface area contributed by atoms with E-state index in [1.165, 1.54) is 4.90 Å². The highest BCUT2D eigenvalue weighted by molar-refractivity contribution is 9.10. The second-order valence-corrected chi connectivity index (χ2v) is 7.66. The monoisotopic (exact) mass is 455 g/mol. The van der Waals surface area contributed by atoms with E-state index in [2.05, 4.69) is 26.2 Å². The molecule has 0 atom stereocenters. The fourth-order valence-corrected chi connectivity index (χ4v) is 3.30. The minimum atomic E-state index is -0.242. The molecule has 0 radical (unpaired) electrons. The van der Waals surface area contributed by atoms with E-state index in [0.717, 1.165) is 21.3 Å². The van der Waals surface area contributed by atoms with Crippen LogP contribution >= 0.6 is 15.9 Å². The summed E-state index contributed by atoms with van der Waals surface area (Å²) in [7, 11) is 1.61. The number of nitrogens with one attached hydrogen (secondary N) is 1. The molecule has 0 saturated carbocycles. The zero-order valence-corrected chi connectivity index (χ0v) is 17.9. The predicted octanol–water partition coefficient (Wildman–Crippen LogP) is 4.44. The number of anilines is 1. The van der Waals surface area contributed by atoms with E-state index in [9.17, 15) is 9.59 Å². The standard InChI is InChI=1S/C22H22BrN3O3/c1-15-12-17(23)8-9-18(15)25-20(27)14-26(2)22(28)11-10-21-24-13-19(29-21)16-6-4-3-5-7-16/h3-9,12-13H,10-11,14H2,1-2H3,(H,25,27). The molecule has 150 valence electrons. The van der Waals surface area contributed by atoms with Crippen LogP contribution in [-0.4, -0.2) is 35.3 Å². The number of oxazole rings is 1. The van der Waals surface area contributed by atoms with Crippen LogP contribution in [0.25, 0.3) is 11.3 Å². The molecule has 3 aromatic rings. The van der Waals surface area contributed by atoms with Gasteiger partial charge in [-0.05, 0) is 30.7 Å². The fraction of sp³-hybridized carbons (Fsp3) is 0.227. The van der Waals surface area contributed by atoms with Crippen molar-refractivity contribution in [1.82, 2.24) is 9.88 Å². The van der Waals surface area contributed by atoms with Gasteiger partial charge in [0.05, 0.1) is 12.7 Å². The van der Waals surface area contributed by atoms with Gasteiger partial charge in [-0.1, -0.05) is 46.3 Å². The molecule has 1 N–H and O–H groups in total. The number of carbonyl (C=O) groups is 2. The Balaban J connectivity index is 1.49. The number of hydrogen-bond acceptors (Lipinski definition) is 4. The summed E-state index contributed by atoms with van der Waals surface area (Å²) >= 11 is 3.39. The molecule has 0 bridgehead atoms. The van der Waals surface area contributed by atoms with Crippen LogP contribution in [-0.2, 0) is 16.0 Å². The molecule has 0 spiro atoms. The summed E-state index contributed by atoms with van der Waals surface area (Å²) in [5, 5.41) is 2.83. The number of aryl methyl sites for hydroxylation is 2. The molecular formula is C22H22BrN3O3. The summed E-state index contributed by atoms with van der Waals surface area (Å²) in [4.78, 5) is 30.3. The highest BCUT2D eigenvalue weighted by Crippen LogP contribution is 2.21. The van der Waals surface area contributed by atoms with Gasteiger partial charge in [-0.15, -0.1) is 0 Å². The van der Waals surface area contributed by atoms with Crippen LogP contribution in [0.3, 0.4) is 0 Å². The molecule has 0 aliphatic rings. The second kappa shape index (κ2) is 9.52. The summed E-state index contributed by atoms with van der Waals surface area (Å²) in [5.41, 5.74) is 2.61. The maximum absolute atomic E-state index is 12.4. The number of benzene rings is 2. The highest BCUT2D eigenvalue weighted by Gasteiger charge is 2.15. The van der Waals surface area contributed by atoms with E-state index in [0.29, 0.717) is 18.1 Å². The Labute approximate surface area is 178 Å². The first-order chi connectivity index (χ1) is 13.9. The Bertz CT molecular complexity index is 1000. The smallest absolute Gasteiger partial charge is 0.243 e. The third-order valence-electron chi connectivity index (χ3n) is 4.43. The van der Waals surface area contributed by atoms with E-state index in [1.54, 1.807) is 13.2 Å². The summed E-state index contributed by atoms with van der Waals surface area (Å²) in [5.74, 6) is 0.784. The molecular weight excluding hydrogens is 434 g/mol. The van der Waals surface area contributed by atoms with Gasteiger partial charge < -0.3 is 14.6 Å². The Morgan fingerprint density at radius 3 is 2.66 bits per heavy atom. The van der Waals surface area contributed by atoms with Crippen LogP contribution < -0.4 is 5.32 Å². The lowest BCUT2D eigenvalue weighted by molar-refractivity contribution is -0.133. The molecule has 0 fully saturated rings. The predicted molar refractivity (Wildman–Crippen MR) is 115 cm³/mol. The first kappa shape index (κ1) is 20.8. The summed E-state index contributed by atoms with van der Waals surface area (Å²) in [6, 6.07) is 15.3. The van der Waals surface area contributed by atoms with Gasteiger partial charge in [0.15, 0.2) is 11.7 Å². The number of amides is 2. The van der Waals surface area contributed by atoms with Crippen molar-refractivity contribution in [2.75, 3.05) is 18.9 Å². The Hall–Kier alpha value is -2.93. The minimum absolute atomic E-state index is 0.0187. The van der Waals surface area contributed by atoms with Crippen molar-refractivity contribution < 1.29 is 14.0 Å². The molecule has 3 rings (SSSR count). The SMILES string of the molecule is Cc1cc(Br)ccc1NC(=O)CN(C)C(=O)CCc1ncc(-c2ccccc2)o1. The number of hydrogen-bond donors (Lipinski definition) is 1. The maximum Gasteiger partial charge on any atom is 0.243 e. The van der Waals surface area contributed by atoms with Crippen molar-refractivity contribution in [3.05, 3.63) is 70.7 Å². The molecule has 1 aromatic heterocycles. The number of carbonyl (C=O) groups excluding carboxylic acids is 2. The lowest BCUT2D eigenvalue weighted by Crippen LogP contribution is -2.35. The molecule has 6 nitrogen and oxygen atoms in total. The van der Waals surface area contributed by atoms with E-state index in [-0.39, 0.29) is 24.8 Å². The molecule has 7 heteroatoms. The van der Waals surface area contributed by atoms with Crippen LogP contribution in [0, 0.1) is 6.92 Å². The van der Waals surface area contributed by atoms with Crippen LogP contribution in [0.1, 0.15) is 17.9 Å². The lowest BCUT2D eigenvalue weighted by Gasteiger charge is -2.17. The molecule has 29 heavy (non-hydrogen) atoms. The fourth-order valence-electron chi connectivity index (χ4n) is 2.83. The van der Waals surface area contributed by atoms with Gasteiger partial charge in [0, 0.05) is 35.6 Å². The van der Waals surface area contributed by atoms with Gasteiger partial charge in [-0.3, -0.25) is 9.59 Å². The van der Waals surface area contributed by atoms with Crippen LogP contribution in [0.2, 0.25) is 0 Å². The normalized spacial score (nSPS) is 10.6. The number of aromatic nitrogens is 1. The van der Waals surface area contributed by atoms with Gasteiger partial charge in [0.25, 0.3) is 0 Å². The molecule has 0 aliphatic heterocycles. The van der Waals surface area contributed by atoms with Crippen molar-refractivity contribution >= 4 is 33.4 Å². The Morgan fingerprint density at radius 1 is 1.17 bits per heavy atom. The molecule has 2 amide bonds. The van der Waals surface area contributed by atoms with Gasteiger partial charge in [-0.25, -0.2) is 4.98 Å². The second-order valence-electron chi connectivity index (χ2n) is 6.74. The number of likely N-dealkylation sites (N-methyl/N-ethyl adjacent to an activating group) is 1. The van der Waals surface area contributed by atoms with E-state index in [4.69, 9.17) is 4.42 Å². The highest BCUT2D eigenvalue weighted by atomic mass is 79.9. The largest absolute Gasteiger partial charge is 0.441 e. The van der Waals surface area contributed by atoms with Crippen LogP contribution in [0.15, 0.2) is 63.6 Å². The third kappa shape index (κ3) is 5.77. The van der Waals surface area contributed by atoms with Crippen LogP contribution in [0.5, 0.6) is 0 Å². The number of halogens is 1. The van der Waals surface area contributed by atoms with E-state index in [1.807, 2.05) is 55.5 Å². The van der Waals surface area contributed by atoms with E-state index >= 15 is 0 Å². The Morgan fingerprint density at radius 2 is 1.93 bits per heavy atom. The van der Waals surface area contributed by atoms with Gasteiger partial charge in [0.2, 0.25) is 11.8 Å². The molecule has 0 aliphatic carbocycles. The lowest BCUT2D eigenvalue weighted by atomic mass is 10.2. The van der Waals surface area contributed by atoms with Gasteiger partial charge in [-0.2, -0.15) is 0 Å². The first-order valence-electron chi connectivity index (χ1n) is 9.22. The molecule has 0 saturated heterocycles. The Kier molecular flexibility index (Phi) is 6.82. The number of rotatable bonds is 7. The molecule has 2 aromatic carbocycles. The molecule has 0 unspecified atom stereocenters. The summed E-state index contributed by atoms with van der Waals surface area (Å²) in [6.07, 6.45) is 2.26. The zero-order valence-electron chi connectivity index (χ0n) is 16.3. The van der Waals surface area contributed by atoms with Crippen molar-refractivity contribution in [1.29, 1.82) is 0 Å². The third-order valence-corrected chi connectivity index (χ3v) is 4.93. The van der Waals surface area contributed by atoms with Crippen molar-refractivity contribution in [3.63, 3.8) is 0 Å². The average Bonchev–Trinajstić information content (AvgIpc) is 3.18. The quantitative estimate of drug-likeness (QED) is 0.571. The summed E-state index contributed by atoms with van der Waals surface area (Å²) < 4.78 is 6.66. The average molecular weight is 456 g/mol. The van der Waals surface area contributed by atoms with Crippen molar-refractivity contribution in [2.45, 2.75) is 19.8 Å². The van der Waals surface area contributed by atoms with Gasteiger partial charge >= 0.3 is 0 Å². The maximum atomic E-state index is 12.4. The van der Waals surface area contributed by atoms with E-state index < -0.39 is 0 Å². The van der Waals surface area contributed by atoms with Crippen LogP contribution in [0.4, 0.5) is 5.69 Å². The number of nitrogens with zero attached hydrogens (tertiary/aromatic N) is 2. The van der Waals surface area contributed by atoms with Gasteiger partial charge in [0.1, 0.15) is 0 Å². The summed E-state index contributed by atoms with van der Waals surface area (Å²) in [6.45, 7) is 1.89. The minimum Gasteiger partial charge on any atom is -0.441 e. The topological polar surface area (TPSA) is 75.4 Å². The zero-order chi connectivity index (χ0) is 20.8. The first-order valence-corrected chi connectivity index (χ1v) is 10.0. The van der Waals surface area contributed by atoms with Crippen molar-refractivity contribution in [2.24, 2.45) is 0 Å². The molecule has 1 heterocycles.